The second kappa shape index (κ2) is 5.43. The molecular formula is C15H16ClNOS. The summed E-state index contributed by atoms with van der Waals surface area (Å²) in [5.41, 5.74) is 1.05. The van der Waals surface area contributed by atoms with Crippen molar-refractivity contribution in [1.82, 2.24) is 0 Å². The number of benzene rings is 1. The van der Waals surface area contributed by atoms with Crippen molar-refractivity contribution < 1.29 is 4.74 Å². The first-order chi connectivity index (χ1) is 9.28. The first-order valence-corrected chi connectivity index (χ1v) is 7.67. The molecule has 2 nitrogen and oxygen atoms in total. The van der Waals surface area contributed by atoms with Crippen LogP contribution in [0.2, 0.25) is 5.02 Å². The van der Waals surface area contributed by atoms with Gasteiger partial charge in [0, 0.05) is 10.6 Å². The molecule has 4 heteroatoms. The summed E-state index contributed by atoms with van der Waals surface area (Å²) in [7, 11) is 1.63. The molecule has 0 amide bonds. The van der Waals surface area contributed by atoms with Gasteiger partial charge < -0.3 is 10.1 Å². The number of nitrogens with one attached hydrogen (secondary N) is 1. The number of ether oxygens (including phenoxy) is 1. The molecule has 0 radical (unpaired) electrons. The molecule has 1 heterocycles. The Balaban J connectivity index is 1.80. The lowest BCUT2D eigenvalue weighted by atomic mass is 10.1. The summed E-state index contributed by atoms with van der Waals surface area (Å²) >= 11 is 7.98. The van der Waals surface area contributed by atoms with E-state index in [-0.39, 0.29) is 0 Å². The Hall–Kier alpha value is -1.19. The minimum Gasteiger partial charge on any atom is -0.495 e. The number of thiophene rings is 1. The fourth-order valence-corrected chi connectivity index (χ4v) is 3.38. The number of methoxy groups -OCH3 is 1. The lowest BCUT2D eigenvalue weighted by Gasteiger charge is -2.19. The summed E-state index contributed by atoms with van der Waals surface area (Å²) in [6.07, 6.45) is 2.61. The van der Waals surface area contributed by atoms with Crippen molar-refractivity contribution in [3.05, 3.63) is 45.6 Å². The summed E-state index contributed by atoms with van der Waals surface area (Å²) < 4.78 is 5.18. The average molecular weight is 294 g/mol. The van der Waals surface area contributed by atoms with Gasteiger partial charge in [0.15, 0.2) is 0 Å². The number of halogens is 1. The molecule has 1 N–H and O–H groups in total. The zero-order valence-corrected chi connectivity index (χ0v) is 12.3. The van der Waals surface area contributed by atoms with Gasteiger partial charge in [0.2, 0.25) is 0 Å². The van der Waals surface area contributed by atoms with E-state index in [1.54, 1.807) is 7.11 Å². The van der Waals surface area contributed by atoms with Crippen molar-refractivity contribution in [2.24, 2.45) is 5.92 Å². The molecule has 1 aliphatic carbocycles. The Kier molecular flexibility index (Phi) is 3.67. The Morgan fingerprint density at radius 2 is 2.21 bits per heavy atom. The van der Waals surface area contributed by atoms with E-state index in [0.717, 1.165) is 11.6 Å². The van der Waals surface area contributed by atoms with Crippen molar-refractivity contribution in [3.63, 3.8) is 0 Å². The topological polar surface area (TPSA) is 21.3 Å². The van der Waals surface area contributed by atoms with Crippen LogP contribution in [0.15, 0.2) is 35.7 Å². The molecule has 0 saturated heterocycles. The van der Waals surface area contributed by atoms with Gasteiger partial charge in [-0.2, -0.15) is 0 Å². The molecule has 1 unspecified atom stereocenters. The van der Waals surface area contributed by atoms with Gasteiger partial charge >= 0.3 is 0 Å². The maximum Gasteiger partial charge on any atom is 0.137 e. The predicted octanol–water partition coefficient (Wildman–Crippen LogP) is 4.97. The van der Waals surface area contributed by atoms with E-state index in [1.165, 1.54) is 17.7 Å². The predicted molar refractivity (Wildman–Crippen MR) is 81.4 cm³/mol. The van der Waals surface area contributed by atoms with Crippen molar-refractivity contribution in [2.45, 2.75) is 18.9 Å². The van der Waals surface area contributed by atoms with Crippen LogP contribution >= 0.6 is 22.9 Å². The monoisotopic (exact) mass is 293 g/mol. The van der Waals surface area contributed by atoms with Crippen molar-refractivity contribution in [3.8, 4) is 5.75 Å². The van der Waals surface area contributed by atoms with Crippen LogP contribution in [0.3, 0.4) is 0 Å². The maximum atomic E-state index is 6.17. The molecular weight excluding hydrogens is 278 g/mol. The number of hydrogen-bond acceptors (Lipinski definition) is 3. The number of rotatable bonds is 5. The highest BCUT2D eigenvalue weighted by Crippen LogP contribution is 2.44. The highest BCUT2D eigenvalue weighted by Gasteiger charge is 2.32. The zero-order valence-electron chi connectivity index (χ0n) is 10.7. The Morgan fingerprint density at radius 1 is 1.37 bits per heavy atom. The van der Waals surface area contributed by atoms with Crippen LogP contribution in [0.5, 0.6) is 5.75 Å². The molecule has 0 aliphatic heterocycles. The van der Waals surface area contributed by atoms with E-state index >= 15 is 0 Å². The molecule has 1 atom stereocenters. The molecule has 0 bridgehead atoms. The Bertz CT molecular complexity index is 551. The van der Waals surface area contributed by atoms with Gasteiger partial charge in [-0.15, -0.1) is 11.3 Å². The van der Waals surface area contributed by atoms with Gasteiger partial charge in [0.1, 0.15) is 5.75 Å². The van der Waals surface area contributed by atoms with Crippen molar-refractivity contribution in [2.75, 3.05) is 12.4 Å². The van der Waals surface area contributed by atoms with Crippen LogP contribution in [0.4, 0.5) is 5.69 Å². The Morgan fingerprint density at radius 3 is 2.79 bits per heavy atom. The van der Waals surface area contributed by atoms with E-state index in [1.807, 2.05) is 29.5 Å². The first-order valence-electron chi connectivity index (χ1n) is 6.41. The molecule has 1 aromatic carbocycles. The van der Waals surface area contributed by atoms with Crippen LogP contribution in [-0.2, 0) is 0 Å². The van der Waals surface area contributed by atoms with Gasteiger partial charge in [0.05, 0.1) is 18.2 Å². The summed E-state index contributed by atoms with van der Waals surface area (Å²) in [6.45, 7) is 0. The third-order valence-electron chi connectivity index (χ3n) is 3.42. The van der Waals surface area contributed by atoms with E-state index in [9.17, 15) is 0 Å². The first kappa shape index (κ1) is 12.8. The van der Waals surface area contributed by atoms with Gasteiger partial charge in [-0.05, 0) is 48.4 Å². The standard InChI is InChI=1S/C15H16ClNOS/c1-18-13-7-6-11(9-12(13)16)17-15(10-4-5-10)14-3-2-8-19-14/h2-3,6-10,15,17H,4-5H2,1H3. The lowest BCUT2D eigenvalue weighted by molar-refractivity contribution is 0.415. The maximum absolute atomic E-state index is 6.17. The summed E-state index contributed by atoms with van der Waals surface area (Å²) in [6, 6.07) is 10.6. The molecule has 0 spiro atoms. The number of anilines is 1. The smallest absolute Gasteiger partial charge is 0.137 e. The zero-order chi connectivity index (χ0) is 13.2. The van der Waals surface area contributed by atoms with Crippen molar-refractivity contribution in [1.29, 1.82) is 0 Å². The fraction of sp³-hybridized carbons (Fsp3) is 0.333. The van der Waals surface area contributed by atoms with E-state index in [4.69, 9.17) is 16.3 Å². The van der Waals surface area contributed by atoms with Gasteiger partial charge in [0.25, 0.3) is 0 Å². The summed E-state index contributed by atoms with van der Waals surface area (Å²) in [5, 5.41) is 6.38. The van der Waals surface area contributed by atoms with Crippen LogP contribution < -0.4 is 10.1 Å². The average Bonchev–Trinajstić information content (AvgIpc) is 3.11. The molecule has 100 valence electrons. The minimum absolute atomic E-state index is 0.407. The third kappa shape index (κ3) is 2.88. The highest BCUT2D eigenvalue weighted by atomic mass is 35.5. The van der Waals surface area contributed by atoms with Gasteiger partial charge in [-0.1, -0.05) is 17.7 Å². The van der Waals surface area contributed by atoms with Crippen LogP contribution in [0.1, 0.15) is 23.8 Å². The molecule has 1 fully saturated rings. The van der Waals surface area contributed by atoms with E-state index in [0.29, 0.717) is 16.8 Å². The number of hydrogen-bond donors (Lipinski definition) is 1. The molecule has 1 aromatic heterocycles. The second-order valence-corrected chi connectivity index (χ2v) is 6.21. The van der Waals surface area contributed by atoms with Gasteiger partial charge in [-0.3, -0.25) is 0 Å². The fourth-order valence-electron chi connectivity index (χ4n) is 2.25. The van der Waals surface area contributed by atoms with Crippen LogP contribution in [-0.4, -0.2) is 7.11 Å². The molecule has 2 aromatic rings. The Labute approximate surface area is 122 Å². The normalized spacial score (nSPS) is 16.1. The van der Waals surface area contributed by atoms with Crippen LogP contribution in [0, 0.1) is 5.92 Å². The van der Waals surface area contributed by atoms with E-state index in [2.05, 4.69) is 22.8 Å². The van der Waals surface area contributed by atoms with Crippen LogP contribution in [0.25, 0.3) is 0 Å². The third-order valence-corrected chi connectivity index (χ3v) is 4.67. The minimum atomic E-state index is 0.407. The SMILES string of the molecule is COc1ccc(NC(c2cccs2)C2CC2)cc1Cl. The molecule has 19 heavy (non-hydrogen) atoms. The van der Waals surface area contributed by atoms with Gasteiger partial charge in [-0.25, -0.2) is 0 Å². The molecule has 1 saturated carbocycles. The summed E-state index contributed by atoms with van der Waals surface area (Å²) in [4.78, 5) is 1.40. The molecule has 3 rings (SSSR count). The van der Waals surface area contributed by atoms with E-state index < -0.39 is 0 Å². The summed E-state index contributed by atoms with van der Waals surface area (Å²) in [5.74, 6) is 1.46. The van der Waals surface area contributed by atoms with Crippen molar-refractivity contribution >= 4 is 28.6 Å². The quantitative estimate of drug-likeness (QED) is 0.840. The molecule has 1 aliphatic rings. The second-order valence-electron chi connectivity index (χ2n) is 4.82. The lowest BCUT2D eigenvalue weighted by Crippen LogP contribution is -2.11. The largest absolute Gasteiger partial charge is 0.495 e. The highest BCUT2D eigenvalue weighted by molar-refractivity contribution is 7.10.